The largest absolute Gasteiger partial charge is 0.756 e. The van der Waals surface area contributed by atoms with Gasteiger partial charge in [-0.15, -0.1) is 0 Å². The maximum atomic E-state index is 13.8. The number of imidazole rings is 2. The molecule has 3 fully saturated rings. The molecule has 9 rings (SSSR count). The Morgan fingerprint density at radius 2 is 1.10 bits per heavy atom. The zero-order valence-electron chi connectivity index (χ0n) is 41.8. The highest BCUT2D eigenvalue weighted by molar-refractivity contribution is 7.65. The fraction of sp³-hybridized carbons (Fsp3) is 0.611. The molecule has 0 saturated carbocycles. The lowest BCUT2D eigenvalue weighted by Crippen LogP contribution is -2.46. The molecule has 44 heteroatoms. The van der Waals surface area contributed by atoms with Crippen LogP contribution in [0.15, 0.2) is 27.0 Å². The summed E-state index contributed by atoms with van der Waals surface area (Å²) in [6.07, 6.45) is -17.6. The third kappa shape index (κ3) is 12.1. The lowest BCUT2D eigenvalue weighted by atomic mass is 10.1. The predicted molar refractivity (Wildman–Crippen MR) is 256 cm³/mol. The van der Waals surface area contributed by atoms with Crippen molar-refractivity contribution in [2.24, 2.45) is 0 Å². The van der Waals surface area contributed by atoms with Gasteiger partial charge in [0.2, 0.25) is 17.8 Å². The van der Waals surface area contributed by atoms with Gasteiger partial charge in [-0.1, -0.05) is 0 Å². The van der Waals surface area contributed by atoms with Gasteiger partial charge in [0.15, 0.2) is 46.8 Å². The van der Waals surface area contributed by atoms with Gasteiger partial charge in [-0.3, -0.25) is 56.7 Å². The summed E-state index contributed by atoms with van der Waals surface area (Å²) in [6, 6.07) is 0. The van der Waals surface area contributed by atoms with Crippen LogP contribution in [0.5, 0.6) is 0 Å². The van der Waals surface area contributed by atoms with Crippen LogP contribution in [-0.2, 0) is 73.4 Å². The minimum absolute atomic E-state index is 0.0184. The molecule has 40 nitrogen and oxygen atoms in total. The Morgan fingerprint density at radius 1 is 0.650 bits per heavy atom. The van der Waals surface area contributed by atoms with Crippen LogP contribution in [0.25, 0.3) is 22.3 Å². The standard InChI is InChI=1S/C36H53N15O25P4/c1-12(2)70-22-14(72-31(20(22)53)49-9-40-16-25(49)42-34(37)45-28(16)54)7-67-77(57,58)74-23-15(73-33(24(23)66-5)50-10-41-17-26(50)43-35(38)46-29(17)55)8-69-79(61,62)76-80(63,64)75-78(59,60)68-6-13-21(65-4)19(52)32(71-13)51-11-48(3)18-27(51)44-36(39)47-30(18)56/h9-10,12-15,19-24,31-33,52-53H,6-8,11H2,1-5H3,(H,57,58)(H,59,60)(H,61,62)(H,63,64)(H3,37,42,45,54)(H3,38,43,46,55)(H3,39,44,47,56)/p-4/t13-,14-,15-,19?,20+,21+,22?,23?,24+,31-,32-,33-/m1/s1. The topological polar surface area (TPSA) is 569 Å². The number of H-pyrrole nitrogens is 3. The Balaban J connectivity index is 0.884. The van der Waals surface area contributed by atoms with Gasteiger partial charge in [-0.2, -0.15) is 15.0 Å². The number of nitrogens with zero attached hydrogens (tertiary/aromatic N) is 9. The van der Waals surface area contributed by atoms with Gasteiger partial charge in [0.25, 0.3) is 48.0 Å². The van der Waals surface area contributed by atoms with E-state index in [2.05, 4.69) is 53.0 Å². The van der Waals surface area contributed by atoms with Gasteiger partial charge >= 0.3 is 0 Å². The number of hydrogen-bond donors (Lipinski definition) is 8. The number of aliphatic hydroxyl groups is 2. The molecule has 5 aromatic heterocycles. The summed E-state index contributed by atoms with van der Waals surface area (Å²) in [4.78, 5) is 120. The first-order valence-electron chi connectivity index (χ1n) is 23.1. The number of phosphoric acid groups is 4. The highest BCUT2D eigenvalue weighted by Crippen LogP contribution is 2.63. The van der Waals surface area contributed by atoms with Crippen molar-refractivity contribution in [3.8, 4) is 0 Å². The number of nitrogens with one attached hydrogen (secondary N) is 3. The average Bonchev–Trinajstić information content (AvgIpc) is 4.21. The van der Waals surface area contributed by atoms with E-state index >= 15 is 0 Å². The zero-order chi connectivity index (χ0) is 58.1. The maximum absolute atomic E-state index is 13.8. The van der Waals surface area contributed by atoms with Crippen LogP contribution in [0.2, 0.25) is 0 Å². The molecule has 0 amide bonds. The normalized spacial score (nSPS) is 30.1. The van der Waals surface area contributed by atoms with Crippen molar-refractivity contribution >= 4 is 83.0 Å². The molecule has 11 N–H and O–H groups in total. The number of phosphoric ester groups is 3. The smallest absolute Gasteiger partial charge is 0.280 e. The Labute approximate surface area is 446 Å². The molecule has 442 valence electrons. The summed E-state index contributed by atoms with van der Waals surface area (Å²) < 4.78 is 117. The first-order valence-corrected chi connectivity index (χ1v) is 29.0. The number of aliphatic hydroxyl groups excluding tert-OH is 2. The van der Waals surface area contributed by atoms with E-state index in [4.69, 9.17) is 59.2 Å². The summed E-state index contributed by atoms with van der Waals surface area (Å²) in [5.74, 6) is -1.02. The number of methoxy groups -OCH3 is 2. The van der Waals surface area contributed by atoms with Gasteiger partial charge in [0.05, 0.1) is 45.2 Å². The van der Waals surface area contributed by atoms with E-state index in [0.29, 0.717) is 0 Å². The molecule has 3 saturated heterocycles. The minimum atomic E-state index is -6.59. The van der Waals surface area contributed by atoms with Gasteiger partial charge in [0.1, 0.15) is 60.6 Å². The lowest BCUT2D eigenvalue weighted by Gasteiger charge is -2.35. The highest BCUT2D eigenvalue weighted by atomic mass is 31.3. The third-order valence-corrected chi connectivity index (χ3v) is 17.5. The van der Waals surface area contributed by atoms with Gasteiger partial charge < -0.3 is 103 Å². The molecule has 4 aliphatic rings. The van der Waals surface area contributed by atoms with E-state index in [-0.39, 0.29) is 52.4 Å². The van der Waals surface area contributed by atoms with Crippen molar-refractivity contribution in [1.82, 2.24) is 49.0 Å². The number of rotatable bonds is 22. The second-order valence-corrected chi connectivity index (χ2v) is 24.0. The highest BCUT2D eigenvalue weighted by Gasteiger charge is 2.53. The average molecular weight is 1220 g/mol. The number of nitrogens with two attached hydrogens (primary N) is 3. The summed E-state index contributed by atoms with van der Waals surface area (Å²) in [5, 5.41) is 22.5. The van der Waals surface area contributed by atoms with Crippen LogP contribution in [-0.4, -0.2) is 174 Å². The van der Waals surface area contributed by atoms with Crippen molar-refractivity contribution < 1.29 is 103 Å². The molecule has 80 heavy (non-hydrogen) atoms. The quantitative estimate of drug-likeness (QED) is 0.0300. The SMILES string of the molecule is CO[C@@H]1C(O)[C@H](N2CN(C)c3c2nc(N)[nH]c3=O)O[C@@H]1COP(=O)([O-])OP(=O)([O-])OP(=O)([O-])OC[C@H]1O[C@@H](n2cnc3c(=O)[nH]c(N)nc32)[C@@H](OC)C1OP(=O)([O-])OC[C@H]1O[C@@H](n2cnc3c(=O)[nH]c(N)nc32)[C@@H](O)C1OC(C)C. The molecule has 4 aliphatic heterocycles. The maximum Gasteiger partial charge on any atom is 0.280 e. The van der Waals surface area contributed by atoms with Crippen LogP contribution >= 0.6 is 31.3 Å². The molecular formula is C36H49N15O25P4-4. The Hall–Kier alpha value is -5.22. The molecule has 9 heterocycles. The monoisotopic (exact) mass is 1220 g/mol. The molecule has 0 aromatic carbocycles. The van der Waals surface area contributed by atoms with Crippen LogP contribution in [0.1, 0.15) is 26.3 Å². The van der Waals surface area contributed by atoms with Crippen LogP contribution in [0.4, 0.5) is 29.4 Å². The number of nitrogen functional groups attached to an aromatic ring is 3. The third-order valence-electron chi connectivity index (χ3n) is 12.4. The Kier molecular flexibility index (Phi) is 16.7. The van der Waals surface area contributed by atoms with Crippen LogP contribution in [0, 0.1) is 0 Å². The van der Waals surface area contributed by atoms with Gasteiger partial charge in [-0.25, -0.2) is 18.6 Å². The first kappa shape index (κ1) is 59.4. The molecule has 0 radical (unpaired) electrons. The molecule has 0 aliphatic carbocycles. The van der Waals surface area contributed by atoms with Gasteiger partial charge in [-0.05, 0) is 13.8 Å². The second-order valence-electron chi connectivity index (χ2n) is 18.1. The Bertz CT molecular complexity index is 3510. The molecule has 16 atom stereocenters. The van der Waals surface area contributed by atoms with Crippen molar-refractivity contribution in [1.29, 1.82) is 0 Å². The summed E-state index contributed by atoms with van der Waals surface area (Å²) in [7, 11) is -21.2. The van der Waals surface area contributed by atoms with Crippen molar-refractivity contribution in [2.45, 2.75) is 93.6 Å². The minimum Gasteiger partial charge on any atom is -0.756 e. The fourth-order valence-electron chi connectivity index (χ4n) is 9.24. The second kappa shape index (κ2) is 22.5. The number of fused-ring (bicyclic) bond motifs is 3. The van der Waals surface area contributed by atoms with E-state index in [9.17, 15) is 62.4 Å². The van der Waals surface area contributed by atoms with Crippen LogP contribution in [0.3, 0.4) is 0 Å². The van der Waals surface area contributed by atoms with Crippen LogP contribution < -0.4 is 63.3 Å². The molecule has 5 aromatic rings. The lowest BCUT2D eigenvalue weighted by molar-refractivity contribution is -0.252. The number of aromatic nitrogens is 10. The number of aromatic amines is 3. The van der Waals surface area contributed by atoms with Crippen molar-refractivity contribution in [2.75, 3.05) is 74.8 Å². The number of ether oxygens (including phenoxy) is 6. The first-order chi connectivity index (χ1) is 37.5. The van der Waals surface area contributed by atoms with E-state index in [1.165, 1.54) is 16.8 Å². The molecule has 7 unspecified atom stereocenters. The summed E-state index contributed by atoms with van der Waals surface area (Å²) in [6.45, 7) is -0.406. The van der Waals surface area contributed by atoms with Gasteiger partial charge in [0, 0.05) is 21.3 Å². The molecule has 0 spiro atoms. The summed E-state index contributed by atoms with van der Waals surface area (Å²) >= 11 is 0. The van der Waals surface area contributed by atoms with Crippen molar-refractivity contribution in [3.05, 3.63) is 43.7 Å². The fourth-order valence-corrected chi connectivity index (χ4v) is 13.6. The zero-order valence-corrected chi connectivity index (χ0v) is 45.4. The molecular weight excluding hydrogens is 1170 g/mol. The van der Waals surface area contributed by atoms with E-state index in [1.54, 1.807) is 13.8 Å². The van der Waals surface area contributed by atoms with E-state index in [1.807, 2.05) is 0 Å². The molecule has 0 bridgehead atoms. The summed E-state index contributed by atoms with van der Waals surface area (Å²) in [5.41, 5.74) is 14.2. The van der Waals surface area contributed by atoms with Crippen molar-refractivity contribution in [3.63, 3.8) is 0 Å². The number of hydrogen-bond acceptors (Lipinski definition) is 35. The van der Waals surface area contributed by atoms with E-state index < -0.39 is 153 Å². The predicted octanol–water partition coefficient (Wildman–Crippen LogP) is -5.60. The number of anilines is 5. The Morgan fingerprint density at radius 3 is 1.64 bits per heavy atom. The van der Waals surface area contributed by atoms with E-state index in [0.717, 1.165) is 36.0 Å².